The summed E-state index contributed by atoms with van der Waals surface area (Å²) < 4.78 is 0. The molecule has 0 unspecified atom stereocenters. The number of benzene rings is 1. The average molecular weight is 331 g/mol. The first-order valence-electron chi connectivity index (χ1n) is 8.16. The van der Waals surface area contributed by atoms with Crippen LogP contribution in [-0.4, -0.2) is 39.9 Å². The minimum absolute atomic E-state index is 0.0499. The summed E-state index contributed by atoms with van der Waals surface area (Å²) >= 11 is 0. The molecule has 1 saturated heterocycles. The van der Waals surface area contributed by atoms with Crippen LogP contribution in [0.5, 0.6) is 5.75 Å². The molecular formula is C17H21N3O4. The Bertz CT molecular complexity index is 690. The van der Waals surface area contributed by atoms with Crippen LogP contribution in [0.2, 0.25) is 0 Å². The van der Waals surface area contributed by atoms with Crippen LogP contribution in [0.25, 0.3) is 0 Å². The average Bonchev–Trinajstić information content (AvgIpc) is 2.78. The van der Waals surface area contributed by atoms with Crippen molar-refractivity contribution >= 4 is 23.5 Å². The van der Waals surface area contributed by atoms with Gasteiger partial charge in [-0.2, -0.15) is 0 Å². The molecule has 0 aromatic heterocycles. The third-order valence-electron chi connectivity index (χ3n) is 4.98. The monoisotopic (exact) mass is 331 g/mol. The number of carbonyl (C=O) groups excluding carboxylic acids is 3. The van der Waals surface area contributed by atoms with Gasteiger partial charge in [-0.15, -0.1) is 0 Å². The van der Waals surface area contributed by atoms with Gasteiger partial charge < -0.3 is 15.7 Å². The summed E-state index contributed by atoms with van der Waals surface area (Å²) in [7, 11) is 0. The Kier molecular flexibility index (Phi) is 4.17. The summed E-state index contributed by atoms with van der Waals surface area (Å²) in [4.78, 5) is 38.1. The van der Waals surface area contributed by atoms with Crippen molar-refractivity contribution in [3.05, 3.63) is 24.3 Å². The van der Waals surface area contributed by atoms with E-state index in [4.69, 9.17) is 0 Å². The third-order valence-corrected chi connectivity index (χ3v) is 4.98. The second-order valence-corrected chi connectivity index (χ2v) is 6.50. The molecular weight excluding hydrogens is 310 g/mol. The van der Waals surface area contributed by atoms with E-state index in [1.807, 2.05) is 6.92 Å². The molecule has 0 bridgehead atoms. The molecule has 24 heavy (non-hydrogen) atoms. The molecule has 128 valence electrons. The summed E-state index contributed by atoms with van der Waals surface area (Å²) in [6, 6.07) is 5.77. The molecule has 1 heterocycles. The number of phenols is 1. The van der Waals surface area contributed by atoms with Crippen molar-refractivity contribution in [1.29, 1.82) is 0 Å². The van der Waals surface area contributed by atoms with Crippen molar-refractivity contribution in [2.24, 2.45) is 5.92 Å². The number of para-hydroxylation sites is 2. The molecule has 1 saturated carbocycles. The number of hydrogen-bond donors (Lipinski definition) is 3. The van der Waals surface area contributed by atoms with E-state index < -0.39 is 17.5 Å². The molecule has 2 fully saturated rings. The van der Waals surface area contributed by atoms with Gasteiger partial charge in [-0.25, -0.2) is 4.79 Å². The van der Waals surface area contributed by atoms with Gasteiger partial charge in [0.05, 0.1) is 5.69 Å². The van der Waals surface area contributed by atoms with Crippen LogP contribution >= 0.6 is 0 Å². The Balaban J connectivity index is 1.71. The van der Waals surface area contributed by atoms with Crippen LogP contribution in [-0.2, 0) is 9.59 Å². The first-order valence-corrected chi connectivity index (χ1v) is 8.16. The molecule has 2 atom stereocenters. The number of urea groups is 1. The van der Waals surface area contributed by atoms with Gasteiger partial charge in [0.2, 0.25) is 5.91 Å². The van der Waals surface area contributed by atoms with Crippen LogP contribution in [0, 0.1) is 5.92 Å². The van der Waals surface area contributed by atoms with Crippen LogP contribution in [0.15, 0.2) is 24.3 Å². The minimum Gasteiger partial charge on any atom is -0.506 e. The van der Waals surface area contributed by atoms with E-state index in [-0.39, 0.29) is 29.8 Å². The molecule has 0 radical (unpaired) electrons. The van der Waals surface area contributed by atoms with Gasteiger partial charge in [0.25, 0.3) is 5.91 Å². The zero-order chi connectivity index (χ0) is 17.3. The number of anilines is 1. The number of amides is 4. The van der Waals surface area contributed by atoms with Gasteiger partial charge in [0.1, 0.15) is 17.8 Å². The smallest absolute Gasteiger partial charge is 0.325 e. The van der Waals surface area contributed by atoms with Crippen molar-refractivity contribution in [2.75, 3.05) is 11.9 Å². The van der Waals surface area contributed by atoms with Crippen LogP contribution in [0.3, 0.4) is 0 Å². The molecule has 2 aliphatic rings. The normalized spacial score (nSPS) is 26.5. The largest absolute Gasteiger partial charge is 0.506 e. The molecule has 7 heteroatoms. The van der Waals surface area contributed by atoms with Crippen molar-refractivity contribution in [1.82, 2.24) is 10.2 Å². The van der Waals surface area contributed by atoms with E-state index in [2.05, 4.69) is 10.6 Å². The van der Waals surface area contributed by atoms with Crippen molar-refractivity contribution in [3.63, 3.8) is 0 Å². The van der Waals surface area contributed by atoms with E-state index in [1.54, 1.807) is 18.2 Å². The van der Waals surface area contributed by atoms with Gasteiger partial charge in [-0.05, 0) is 30.9 Å². The van der Waals surface area contributed by atoms with Gasteiger partial charge in [0, 0.05) is 0 Å². The van der Waals surface area contributed by atoms with E-state index >= 15 is 0 Å². The topological polar surface area (TPSA) is 98.7 Å². The number of hydrogen-bond acceptors (Lipinski definition) is 4. The zero-order valence-electron chi connectivity index (χ0n) is 13.5. The lowest BCUT2D eigenvalue weighted by molar-refractivity contribution is -0.136. The van der Waals surface area contributed by atoms with E-state index in [9.17, 15) is 19.5 Å². The quantitative estimate of drug-likeness (QED) is 0.581. The molecule has 1 aliphatic carbocycles. The second-order valence-electron chi connectivity index (χ2n) is 6.50. The Morgan fingerprint density at radius 1 is 1.38 bits per heavy atom. The molecule has 1 aromatic rings. The van der Waals surface area contributed by atoms with Crippen LogP contribution < -0.4 is 10.6 Å². The van der Waals surface area contributed by atoms with Gasteiger partial charge in [0.15, 0.2) is 0 Å². The minimum atomic E-state index is -0.871. The molecule has 7 nitrogen and oxygen atoms in total. The highest BCUT2D eigenvalue weighted by Crippen LogP contribution is 2.38. The van der Waals surface area contributed by atoms with Gasteiger partial charge in [-0.3, -0.25) is 14.5 Å². The molecule has 4 amide bonds. The SMILES string of the molecule is C[C@H]1CCCC[C@@]12NC(=O)N(CC(=O)Nc1ccccc1O)C2=O. The van der Waals surface area contributed by atoms with Crippen LogP contribution in [0.4, 0.5) is 10.5 Å². The Labute approximate surface area is 140 Å². The third kappa shape index (κ3) is 2.70. The number of imide groups is 1. The highest BCUT2D eigenvalue weighted by molar-refractivity contribution is 6.10. The fourth-order valence-electron chi connectivity index (χ4n) is 3.55. The first-order chi connectivity index (χ1) is 11.4. The second kappa shape index (κ2) is 6.14. The predicted molar refractivity (Wildman–Crippen MR) is 87.3 cm³/mol. The lowest BCUT2D eigenvalue weighted by atomic mass is 9.73. The lowest BCUT2D eigenvalue weighted by Crippen LogP contribution is -2.54. The number of phenolic OH excluding ortho intramolecular Hbond substituents is 1. The zero-order valence-corrected chi connectivity index (χ0v) is 13.5. The van der Waals surface area contributed by atoms with Gasteiger partial charge >= 0.3 is 6.03 Å². The number of nitrogens with one attached hydrogen (secondary N) is 2. The summed E-state index contributed by atoms with van der Waals surface area (Å²) in [6.07, 6.45) is 3.41. The standard InChI is InChI=1S/C17H21N3O4/c1-11-6-4-5-9-17(11)15(23)20(16(24)19-17)10-14(22)18-12-7-2-3-8-13(12)21/h2-3,7-8,11,21H,4-6,9-10H2,1H3,(H,18,22)(H,19,24)/t11-,17+/m0/s1. The number of rotatable bonds is 3. The molecule has 1 spiro atoms. The maximum atomic E-state index is 12.8. The van der Waals surface area contributed by atoms with Crippen molar-refractivity contribution < 1.29 is 19.5 Å². The molecule has 1 aliphatic heterocycles. The van der Waals surface area contributed by atoms with Crippen molar-refractivity contribution in [2.45, 2.75) is 38.1 Å². The van der Waals surface area contributed by atoms with E-state index in [0.717, 1.165) is 24.2 Å². The first kappa shape index (κ1) is 16.3. The molecule has 3 rings (SSSR count). The Hall–Kier alpha value is -2.57. The van der Waals surface area contributed by atoms with Crippen LogP contribution in [0.1, 0.15) is 32.6 Å². The Morgan fingerprint density at radius 3 is 2.83 bits per heavy atom. The highest BCUT2D eigenvalue weighted by atomic mass is 16.3. The molecule has 3 N–H and O–H groups in total. The summed E-state index contributed by atoms with van der Waals surface area (Å²) in [5.41, 5.74) is -0.625. The van der Waals surface area contributed by atoms with Crippen molar-refractivity contribution in [3.8, 4) is 5.75 Å². The van der Waals surface area contributed by atoms with Gasteiger partial charge in [-0.1, -0.05) is 31.9 Å². The number of nitrogens with zero attached hydrogens (tertiary/aromatic N) is 1. The van der Waals surface area contributed by atoms with E-state index in [0.29, 0.717) is 6.42 Å². The maximum Gasteiger partial charge on any atom is 0.325 e. The lowest BCUT2D eigenvalue weighted by Gasteiger charge is -2.36. The summed E-state index contributed by atoms with van der Waals surface area (Å²) in [5.74, 6) is -0.873. The fraction of sp³-hybridized carbons (Fsp3) is 0.471. The number of carbonyl (C=O) groups is 3. The summed E-state index contributed by atoms with van der Waals surface area (Å²) in [6.45, 7) is 1.59. The highest BCUT2D eigenvalue weighted by Gasteiger charge is 2.55. The predicted octanol–water partition coefficient (Wildman–Crippen LogP) is 1.83. The molecule has 1 aromatic carbocycles. The van der Waals surface area contributed by atoms with E-state index in [1.165, 1.54) is 6.07 Å². The maximum absolute atomic E-state index is 12.8. The number of aromatic hydroxyl groups is 1. The summed E-state index contributed by atoms with van der Waals surface area (Å²) in [5, 5.41) is 15.0. The Morgan fingerprint density at radius 2 is 2.12 bits per heavy atom. The fourth-order valence-corrected chi connectivity index (χ4v) is 3.55.